The van der Waals surface area contributed by atoms with Gasteiger partial charge in [0.2, 0.25) is 0 Å². The number of nitrogens with zero attached hydrogens (tertiary/aromatic N) is 1. The summed E-state index contributed by atoms with van der Waals surface area (Å²) >= 11 is 0. The third-order valence-corrected chi connectivity index (χ3v) is 5.03. The number of imidazole rings is 1. The first-order valence-corrected chi connectivity index (χ1v) is 8.10. The molecule has 4 rings (SSSR count). The van der Waals surface area contributed by atoms with E-state index in [1.54, 1.807) is 0 Å². The molecule has 2 heterocycles. The molecule has 1 saturated carbocycles. The van der Waals surface area contributed by atoms with E-state index in [9.17, 15) is 0 Å². The highest BCUT2D eigenvalue weighted by molar-refractivity contribution is 5.76. The minimum Gasteiger partial charge on any atom is -0.342 e. The largest absolute Gasteiger partial charge is 0.342 e. The molecule has 2 aliphatic rings. The van der Waals surface area contributed by atoms with Gasteiger partial charge in [-0.1, -0.05) is 18.9 Å². The average molecular weight is 269 g/mol. The second-order valence-electron chi connectivity index (χ2n) is 6.42. The maximum absolute atomic E-state index is 4.81. The van der Waals surface area contributed by atoms with Gasteiger partial charge in [0.05, 0.1) is 11.0 Å². The van der Waals surface area contributed by atoms with Crippen molar-refractivity contribution in [1.82, 2.24) is 15.3 Å². The Morgan fingerprint density at radius 3 is 2.65 bits per heavy atom. The lowest BCUT2D eigenvalue weighted by Crippen LogP contribution is -2.28. The lowest BCUT2D eigenvalue weighted by atomic mass is 9.91. The molecular weight excluding hydrogens is 246 g/mol. The predicted octanol–water partition coefficient (Wildman–Crippen LogP) is 3.69. The van der Waals surface area contributed by atoms with E-state index < -0.39 is 0 Å². The maximum atomic E-state index is 4.81. The molecule has 3 heteroatoms. The van der Waals surface area contributed by atoms with Crippen LogP contribution in [-0.2, 0) is 0 Å². The zero-order valence-electron chi connectivity index (χ0n) is 12.0. The third kappa shape index (κ3) is 2.24. The third-order valence-electron chi connectivity index (χ3n) is 5.03. The molecule has 20 heavy (non-hydrogen) atoms. The molecule has 0 amide bonds. The Kier molecular flexibility index (Phi) is 3.23. The fourth-order valence-electron chi connectivity index (χ4n) is 3.83. The summed E-state index contributed by atoms with van der Waals surface area (Å²) in [5, 5.41) is 3.51. The van der Waals surface area contributed by atoms with Crippen LogP contribution in [0.15, 0.2) is 18.2 Å². The van der Waals surface area contributed by atoms with Crippen LogP contribution < -0.4 is 5.32 Å². The van der Waals surface area contributed by atoms with Gasteiger partial charge in [-0.25, -0.2) is 4.98 Å². The molecule has 2 N–H and O–H groups in total. The van der Waals surface area contributed by atoms with Crippen LogP contribution in [0.4, 0.5) is 0 Å². The van der Waals surface area contributed by atoms with Gasteiger partial charge in [0.1, 0.15) is 5.82 Å². The van der Waals surface area contributed by atoms with Crippen LogP contribution in [0.25, 0.3) is 11.0 Å². The van der Waals surface area contributed by atoms with Gasteiger partial charge in [0, 0.05) is 12.5 Å². The SMILES string of the molecule is c1cc2nc(C3CCCC3)[nH]c2cc1C1CCCNC1. The molecule has 1 aromatic carbocycles. The van der Waals surface area contributed by atoms with Crippen molar-refractivity contribution in [2.45, 2.75) is 50.4 Å². The monoisotopic (exact) mass is 269 g/mol. The first kappa shape index (κ1) is 12.4. The van der Waals surface area contributed by atoms with Crippen molar-refractivity contribution in [1.29, 1.82) is 0 Å². The molecule has 1 aliphatic heterocycles. The molecular formula is C17H23N3. The molecule has 1 atom stereocenters. The molecule has 1 unspecified atom stereocenters. The molecule has 1 saturated heterocycles. The van der Waals surface area contributed by atoms with Crippen LogP contribution in [-0.4, -0.2) is 23.1 Å². The number of fused-ring (bicyclic) bond motifs is 1. The van der Waals surface area contributed by atoms with E-state index >= 15 is 0 Å². The predicted molar refractivity (Wildman–Crippen MR) is 82.1 cm³/mol. The van der Waals surface area contributed by atoms with Crippen LogP contribution in [0.1, 0.15) is 61.7 Å². The Balaban J connectivity index is 1.64. The molecule has 1 aliphatic carbocycles. The number of benzene rings is 1. The molecule has 2 aromatic rings. The van der Waals surface area contributed by atoms with Crippen LogP contribution in [0, 0.1) is 0 Å². The topological polar surface area (TPSA) is 40.7 Å². The first-order valence-electron chi connectivity index (χ1n) is 8.10. The number of hydrogen-bond acceptors (Lipinski definition) is 2. The molecule has 1 aromatic heterocycles. The second-order valence-corrected chi connectivity index (χ2v) is 6.42. The van der Waals surface area contributed by atoms with Crippen LogP contribution in [0.5, 0.6) is 0 Å². The summed E-state index contributed by atoms with van der Waals surface area (Å²) in [6, 6.07) is 6.81. The highest BCUT2D eigenvalue weighted by atomic mass is 14.9. The fraction of sp³-hybridized carbons (Fsp3) is 0.588. The standard InChI is InChI=1S/C17H23N3/c1-2-5-12(4-1)17-19-15-8-7-13(10-16(15)20-17)14-6-3-9-18-11-14/h7-8,10,12,14,18H,1-6,9,11H2,(H,19,20). The van der Waals surface area contributed by atoms with Crippen LogP contribution in [0.3, 0.4) is 0 Å². The van der Waals surface area contributed by atoms with E-state index in [0.717, 1.165) is 12.1 Å². The van der Waals surface area contributed by atoms with Crippen LogP contribution in [0.2, 0.25) is 0 Å². The van der Waals surface area contributed by atoms with Crippen molar-refractivity contribution >= 4 is 11.0 Å². The highest BCUT2D eigenvalue weighted by Crippen LogP contribution is 2.34. The second kappa shape index (κ2) is 5.21. The summed E-state index contributed by atoms with van der Waals surface area (Å²) in [5.41, 5.74) is 3.83. The summed E-state index contributed by atoms with van der Waals surface area (Å²) in [6.07, 6.45) is 7.93. The Bertz CT molecular complexity index is 589. The maximum Gasteiger partial charge on any atom is 0.110 e. The lowest BCUT2D eigenvalue weighted by Gasteiger charge is -2.23. The Morgan fingerprint density at radius 2 is 1.85 bits per heavy atom. The lowest BCUT2D eigenvalue weighted by molar-refractivity contribution is 0.462. The Hall–Kier alpha value is -1.35. The van der Waals surface area contributed by atoms with Gasteiger partial charge in [0.25, 0.3) is 0 Å². The first-order chi connectivity index (χ1) is 9.90. The smallest absolute Gasteiger partial charge is 0.110 e. The number of hydrogen-bond donors (Lipinski definition) is 2. The van der Waals surface area contributed by atoms with Gasteiger partial charge in [-0.05, 0) is 55.8 Å². The van der Waals surface area contributed by atoms with Gasteiger partial charge in [-0.3, -0.25) is 0 Å². The van der Waals surface area contributed by atoms with Crippen molar-refractivity contribution in [3.05, 3.63) is 29.6 Å². The van der Waals surface area contributed by atoms with E-state index in [2.05, 4.69) is 28.5 Å². The number of rotatable bonds is 2. The summed E-state index contributed by atoms with van der Waals surface area (Å²) in [4.78, 5) is 8.40. The summed E-state index contributed by atoms with van der Waals surface area (Å²) in [6.45, 7) is 2.30. The molecule has 2 fully saturated rings. The molecule has 3 nitrogen and oxygen atoms in total. The van der Waals surface area contributed by atoms with Crippen molar-refractivity contribution in [2.24, 2.45) is 0 Å². The molecule has 0 radical (unpaired) electrons. The van der Waals surface area contributed by atoms with E-state index in [1.807, 2.05) is 0 Å². The summed E-state index contributed by atoms with van der Waals surface area (Å²) in [5.74, 6) is 2.56. The summed E-state index contributed by atoms with van der Waals surface area (Å²) in [7, 11) is 0. The van der Waals surface area contributed by atoms with Gasteiger partial charge in [0.15, 0.2) is 0 Å². The number of piperidine rings is 1. The van der Waals surface area contributed by atoms with E-state index in [1.165, 1.54) is 62.0 Å². The minimum atomic E-state index is 0.669. The summed E-state index contributed by atoms with van der Waals surface area (Å²) < 4.78 is 0. The minimum absolute atomic E-state index is 0.669. The van der Waals surface area contributed by atoms with E-state index in [0.29, 0.717) is 11.8 Å². The van der Waals surface area contributed by atoms with Crippen molar-refractivity contribution in [2.75, 3.05) is 13.1 Å². The van der Waals surface area contributed by atoms with E-state index in [4.69, 9.17) is 4.98 Å². The quantitative estimate of drug-likeness (QED) is 0.873. The van der Waals surface area contributed by atoms with Gasteiger partial charge in [-0.2, -0.15) is 0 Å². The highest BCUT2D eigenvalue weighted by Gasteiger charge is 2.21. The van der Waals surface area contributed by atoms with Gasteiger partial charge >= 0.3 is 0 Å². The molecule has 0 spiro atoms. The average Bonchev–Trinajstić information content (AvgIpc) is 3.16. The fourth-order valence-corrected chi connectivity index (χ4v) is 3.83. The number of nitrogens with one attached hydrogen (secondary N) is 2. The molecule has 106 valence electrons. The molecule has 0 bridgehead atoms. The van der Waals surface area contributed by atoms with Gasteiger partial charge < -0.3 is 10.3 Å². The van der Waals surface area contributed by atoms with Crippen molar-refractivity contribution in [3.63, 3.8) is 0 Å². The van der Waals surface area contributed by atoms with Crippen molar-refractivity contribution < 1.29 is 0 Å². The zero-order chi connectivity index (χ0) is 13.4. The Labute approximate surface area is 120 Å². The van der Waals surface area contributed by atoms with Gasteiger partial charge in [-0.15, -0.1) is 0 Å². The number of aromatic amines is 1. The normalized spacial score (nSPS) is 24.5. The number of aromatic nitrogens is 2. The van der Waals surface area contributed by atoms with Crippen molar-refractivity contribution in [3.8, 4) is 0 Å². The van der Waals surface area contributed by atoms with Crippen LogP contribution >= 0.6 is 0 Å². The number of H-pyrrole nitrogens is 1. The van der Waals surface area contributed by atoms with E-state index in [-0.39, 0.29) is 0 Å². The Morgan fingerprint density at radius 1 is 1.00 bits per heavy atom. The zero-order valence-corrected chi connectivity index (χ0v) is 12.0.